The van der Waals surface area contributed by atoms with Gasteiger partial charge in [-0.05, 0) is 25.8 Å². The lowest BCUT2D eigenvalue weighted by Gasteiger charge is -2.33. The van der Waals surface area contributed by atoms with Crippen molar-refractivity contribution in [2.24, 2.45) is 0 Å². The number of carbonyl (C=O) groups excluding carboxylic acids is 1. The Morgan fingerprint density at radius 3 is 2.62 bits per heavy atom. The summed E-state index contributed by atoms with van der Waals surface area (Å²) in [7, 11) is -1.97. The van der Waals surface area contributed by atoms with Crippen LogP contribution in [0.3, 0.4) is 0 Å². The van der Waals surface area contributed by atoms with E-state index in [1.807, 2.05) is 24.3 Å². The van der Waals surface area contributed by atoms with Gasteiger partial charge in [-0.15, -0.1) is 0 Å². The summed E-state index contributed by atoms with van der Waals surface area (Å²) in [5.41, 5.74) is 8.66. The number of nitrogen functional groups attached to an aromatic ring is 1. The first-order chi connectivity index (χ1) is 17.9. The van der Waals surface area contributed by atoms with Crippen LogP contribution >= 0.6 is 0 Å². The smallest absolute Gasteiger partial charge is 0.409 e. The van der Waals surface area contributed by atoms with Gasteiger partial charge in [0.05, 0.1) is 24.2 Å². The fraction of sp³-hybridized carbons (Fsp3) is 0.542. The third kappa shape index (κ3) is 6.12. The Balaban J connectivity index is 1.38. The van der Waals surface area contributed by atoms with Crippen LogP contribution in [-0.4, -0.2) is 91.3 Å². The van der Waals surface area contributed by atoms with Crippen LogP contribution in [-0.2, 0) is 32.6 Å². The van der Waals surface area contributed by atoms with Gasteiger partial charge >= 0.3 is 6.09 Å². The highest BCUT2D eigenvalue weighted by Gasteiger charge is 2.29. The number of anilines is 1. The minimum absolute atomic E-state index is 0.237. The van der Waals surface area contributed by atoms with Crippen molar-refractivity contribution in [1.82, 2.24) is 28.5 Å². The molecular formula is C24H35N7O5S. The standard InChI is InChI=1S/C24H35N7O5S/c1-3-36-24(32)29-13-15-30(16-14-29)37(33,34)26-11-6-7-12-31-20(10-17-35-2)28-21-22(31)18-8-4-5-9-19(18)27-23(21)25/h4-5,8-9,26H,3,6-7,10-17H2,1-2H3,(H2,25,27). The van der Waals surface area contributed by atoms with E-state index in [4.69, 9.17) is 20.2 Å². The third-order valence-corrected chi connectivity index (χ3v) is 8.03. The summed E-state index contributed by atoms with van der Waals surface area (Å²) < 4.78 is 42.0. The van der Waals surface area contributed by atoms with Crippen molar-refractivity contribution < 1.29 is 22.7 Å². The quantitative estimate of drug-likeness (QED) is 0.355. The molecule has 202 valence electrons. The van der Waals surface area contributed by atoms with E-state index in [1.54, 1.807) is 14.0 Å². The van der Waals surface area contributed by atoms with Crippen molar-refractivity contribution in [3.05, 3.63) is 30.1 Å². The molecule has 1 amide bonds. The van der Waals surface area contributed by atoms with Gasteiger partial charge < -0.3 is 24.7 Å². The number of unbranched alkanes of at least 4 members (excludes halogenated alkanes) is 1. The van der Waals surface area contributed by atoms with Gasteiger partial charge in [-0.1, -0.05) is 18.2 Å². The summed E-state index contributed by atoms with van der Waals surface area (Å²) in [4.78, 5) is 22.6. The number of pyridine rings is 1. The normalized spacial score (nSPS) is 15.0. The number of benzene rings is 1. The zero-order valence-electron chi connectivity index (χ0n) is 21.4. The Kier molecular flexibility index (Phi) is 8.79. The summed E-state index contributed by atoms with van der Waals surface area (Å²) in [5, 5.41) is 0.977. The Morgan fingerprint density at radius 2 is 1.89 bits per heavy atom. The second-order valence-electron chi connectivity index (χ2n) is 8.83. The predicted molar refractivity (Wildman–Crippen MR) is 141 cm³/mol. The van der Waals surface area contributed by atoms with E-state index in [1.165, 1.54) is 9.21 Å². The molecule has 4 rings (SSSR count). The first-order valence-corrected chi connectivity index (χ1v) is 14.0. The van der Waals surface area contributed by atoms with Crippen molar-refractivity contribution >= 4 is 44.1 Å². The topological polar surface area (TPSA) is 145 Å². The van der Waals surface area contributed by atoms with E-state index in [0.29, 0.717) is 63.6 Å². The maximum absolute atomic E-state index is 12.7. The predicted octanol–water partition coefficient (Wildman–Crippen LogP) is 1.74. The number of hydrogen-bond acceptors (Lipinski definition) is 8. The van der Waals surface area contributed by atoms with Crippen LogP contribution < -0.4 is 10.5 Å². The summed E-state index contributed by atoms with van der Waals surface area (Å²) in [6, 6.07) is 7.83. The number of methoxy groups -OCH3 is 1. The van der Waals surface area contributed by atoms with Crippen molar-refractivity contribution in [3.8, 4) is 0 Å². The molecule has 37 heavy (non-hydrogen) atoms. The molecule has 13 heteroatoms. The second-order valence-corrected chi connectivity index (χ2v) is 10.6. The van der Waals surface area contributed by atoms with Crippen molar-refractivity contribution in [3.63, 3.8) is 0 Å². The molecule has 2 aromatic heterocycles. The number of nitrogens with two attached hydrogens (primary N) is 1. The van der Waals surface area contributed by atoms with Crippen LogP contribution in [0.2, 0.25) is 0 Å². The molecule has 0 bridgehead atoms. The monoisotopic (exact) mass is 533 g/mol. The maximum Gasteiger partial charge on any atom is 0.409 e. The third-order valence-electron chi connectivity index (χ3n) is 6.42. The molecule has 0 radical (unpaired) electrons. The number of imidazole rings is 1. The Morgan fingerprint density at radius 1 is 1.14 bits per heavy atom. The highest BCUT2D eigenvalue weighted by molar-refractivity contribution is 7.87. The zero-order chi connectivity index (χ0) is 26.4. The first-order valence-electron chi connectivity index (χ1n) is 12.5. The summed E-state index contributed by atoms with van der Waals surface area (Å²) >= 11 is 0. The van der Waals surface area contributed by atoms with Crippen molar-refractivity contribution in [2.75, 3.05) is 58.8 Å². The number of hydrogen-bond donors (Lipinski definition) is 2. The minimum Gasteiger partial charge on any atom is -0.450 e. The van der Waals surface area contributed by atoms with E-state index in [-0.39, 0.29) is 13.1 Å². The summed E-state index contributed by atoms with van der Waals surface area (Å²) in [6.07, 6.45) is 1.60. The number of aryl methyl sites for hydroxylation is 1. The average molecular weight is 534 g/mol. The molecule has 12 nitrogen and oxygen atoms in total. The molecule has 1 aliphatic heterocycles. The maximum atomic E-state index is 12.7. The fourth-order valence-corrected chi connectivity index (χ4v) is 5.77. The molecule has 3 N–H and O–H groups in total. The highest BCUT2D eigenvalue weighted by Crippen LogP contribution is 2.29. The van der Waals surface area contributed by atoms with Crippen LogP contribution in [0.4, 0.5) is 10.6 Å². The van der Waals surface area contributed by atoms with Gasteiger partial charge in [-0.25, -0.2) is 19.5 Å². The number of nitrogens with one attached hydrogen (secondary N) is 1. The van der Waals surface area contributed by atoms with E-state index < -0.39 is 16.3 Å². The van der Waals surface area contributed by atoms with E-state index in [9.17, 15) is 13.2 Å². The molecule has 0 unspecified atom stereocenters. The number of nitrogens with zero attached hydrogens (tertiary/aromatic N) is 5. The van der Waals surface area contributed by atoms with Crippen molar-refractivity contribution in [1.29, 1.82) is 0 Å². The molecule has 1 aromatic carbocycles. The Bertz CT molecular complexity index is 1340. The molecule has 3 heterocycles. The molecule has 3 aromatic rings. The number of ether oxygens (including phenoxy) is 2. The first kappa shape index (κ1) is 27.0. The van der Waals surface area contributed by atoms with Gasteiger partial charge in [0.25, 0.3) is 10.2 Å². The van der Waals surface area contributed by atoms with E-state index in [0.717, 1.165) is 28.7 Å². The molecule has 0 saturated carbocycles. The van der Waals surface area contributed by atoms with Crippen LogP contribution in [0, 0.1) is 0 Å². The minimum atomic E-state index is -3.62. The highest BCUT2D eigenvalue weighted by atomic mass is 32.2. The SMILES string of the molecule is CCOC(=O)N1CCN(S(=O)(=O)NCCCCn2c(CCOC)nc3c(N)nc4ccccc4c32)CC1. The fourth-order valence-electron chi connectivity index (χ4n) is 4.54. The summed E-state index contributed by atoms with van der Waals surface area (Å²) in [5.74, 6) is 1.25. The van der Waals surface area contributed by atoms with Crippen LogP contribution in [0.1, 0.15) is 25.6 Å². The van der Waals surface area contributed by atoms with Crippen LogP contribution in [0.25, 0.3) is 21.9 Å². The molecule has 1 fully saturated rings. The largest absolute Gasteiger partial charge is 0.450 e. The molecular weight excluding hydrogens is 498 g/mol. The number of rotatable bonds is 11. The van der Waals surface area contributed by atoms with Crippen LogP contribution in [0.5, 0.6) is 0 Å². The number of aromatic nitrogens is 3. The van der Waals surface area contributed by atoms with Crippen molar-refractivity contribution in [2.45, 2.75) is 32.7 Å². The van der Waals surface area contributed by atoms with E-state index >= 15 is 0 Å². The van der Waals surface area contributed by atoms with Gasteiger partial charge in [-0.2, -0.15) is 12.7 Å². The van der Waals surface area contributed by atoms with E-state index in [2.05, 4.69) is 14.3 Å². The lowest BCUT2D eigenvalue weighted by Crippen LogP contribution is -2.53. The molecule has 0 aliphatic carbocycles. The number of carbonyl (C=O) groups is 1. The van der Waals surface area contributed by atoms with Gasteiger partial charge in [-0.3, -0.25) is 0 Å². The Labute approximate surface area is 216 Å². The summed E-state index contributed by atoms with van der Waals surface area (Å²) in [6.45, 7) is 4.62. The molecule has 1 aliphatic rings. The van der Waals surface area contributed by atoms with Gasteiger partial charge in [0.1, 0.15) is 11.3 Å². The zero-order valence-corrected chi connectivity index (χ0v) is 22.2. The lowest BCUT2D eigenvalue weighted by atomic mass is 10.2. The number of piperazine rings is 1. The van der Waals surface area contributed by atoms with Gasteiger partial charge in [0.15, 0.2) is 5.82 Å². The lowest BCUT2D eigenvalue weighted by molar-refractivity contribution is 0.0932. The molecule has 0 atom stereocenters. The van der Waals surface area contributed by atoms with Gasteiger partial charge in [0, 0.05) is 58.2 Å². The molecule has 1 saturated heterocycles. The number of para-hydroxylation sites is 1. The average Bonchev–Trinajstić information content (AvgIpc) is 3.26. The van der Waals surface area contributed by atoms with Gasteiger partial charge in [0.2, 0.25) is 0 Å². The van der Waals surface area contributed by atoms with Crippen LogP contribution in [0.15, 0.2) is 24.3 Å². The molecule has 0 spiro atoms. The number of fused-ring (bicyclic) bond motifs is 3. The second kappa shape index (κ2) is 12.0. The Hall–Kier alpha value is -3.00. The number of amides is 1.